The Morgan fingerprint density at radius 3 is 2.54 bits per heavy atom. The molecule has 2 heterocycles. The Morgan fingerprint density at radius 2 is 1.85 bits per heavy atom. The first-order chi connectivity index (χ1) is 12.6. The Hall–Kier alpha value is -2.31. The summed E-state index contributed by atoms with van der Waals surface area (Å²) in [5, 5.41) is 4.83. The van der Waals surface area contributed by atoms with E-state index in [1.807, 2.05) is 16.8 Å². The quantitative estimate of drug-likeness (QED) is 0.652. The largest absolute Gasteiger partial charge is 0.315 e. The zero-order valence-corrected chi connectivity index (χ0v) is 16.5. The summed E-state index contributed by atoms with van der Waals surface area (Å²) >= 11 is 5.72. The zero-order valence-electron chi connectivity index (χ0n) is 15.6. The molecule has 0 aliphatic heterocycles. The predicted octanol–water partition coefficient (Wildman–Crippen LogP) is 2.87. The van der Waals surface area contributed by atoms with Crippen molar-refractivity contribution in [2.24, 2.45) is 0 Å². The summed E-state index contributed by atoms with van der Waals surface area (Å²) in [6.45, 7) is 6.87. The van der Waals surface area contributed by atoms with E-state index in [2.05, 4.69) is 54.7 Å². The van der Waals surface area contributed by atoms with E-state index in [0.29, 0.717) is 0 Å². The number of benzene rings is 1. The van der Waals surface area contributed by atoms with Crippen LogP contribution >= 0.6 is 12.2 Å². The Labute approximate surface area is 159 Å². The van der Waals surface area contributed by atoms with Crippen molar-refractivity contribution in [1.29, 1.82) is 0 Å². The highest BCUT2D eigenvalue weighted by atomic mass is 32.1. The molecule has 0 fully saturated rings. The topological polar surface area (TPSA) is 40.1 Å². The van der Waals surface area contributed by atoms with Gasteiger partial charge in [0.2, 0.25) is 4.77 Å². The van der Waals surface area contributed by atoms with Crippen LogP contribution < -0.4 is 4.90 Å². The summed E-state index contributed by atoms with van der Waals surface area (Å²) in [4.78, 5) is 5.45. The first kappa shape index (κ1) is 18.5. The Morgan fingerprint density at radius 1 is 1.12 bits per heavy atom. The van der Waals surface area contributed by atoms with Crippen LogP contribution in [-0.4, -0.2) is 26.4 Å². The van der Waals surface area contributed by atoms with E-state index < -0.39 is 0 Å². The number of aromatic nitrogens is 4. The van der Waals surface area contributed by atoms with Crippen molar-refractivity contribution in [3.63, 3.8) is 0 Å². The molecule has 136 valence electrons. The molecular weight excluding hydrogens is 342 g/mol. The van der Waals surface area contributed by atoms with Crippen molar-refractivity contribution >= 4 is 12.2 Å². The van der Waals surface area contributed by atoms with Crippen molar-refractivity contribution in [2.45, 2.75) is 40.0 Å². The van der Waals surface area contributed by atoms with Gasteiger partial charge in [-0.2, -0.15) is 4.68 Å². The molecule has 3 aromatic rings. The van der Waals surface area contributed by atoms with Gasteiger partial charge in [0.1, 0.15) is 6.54 Å². The lowest BCUT2D eigenvalue weighted by atomic mass is 10.1. The van der Waals surface area contributed by atoms with Gasteiger partial charge in [-0.05, 0) is 43.3 Å². The van der Waals surface area contributed by atoms with Gasteiger partial charge in [0.05, 0.1) is 7.05 Å². The van der Waals surface area contributed by atoms with E-state index in [1.54, 1.807) is 12.4 Å². The molecule has 26 heavy (non-hydrogen) atoms. The number of rotatable bonds is 7. The predicted molar refractivity (Wildman–Crippen MR) is 106 cm³/mol. The molecule has 1 atom stereocenters. The van der Waals surface area contributed by atoms with Crippen molar-refractivity contribution < 1.29 is 4.90 Å². The minimum Gasteiger partial charge on any atom is -0.315 e. The number of nitrogens with zero attached hydrogens (tertiary/aromatic N) is 4. The van der Waals surface area contributed by atoms with Gasteiger partial charge in [0.15, 0.2) is 12.5 Å². The van der Waals surface area contributed by atoms with Crippen LogP contribution in [0, 0.1) is 11.7 Å². The molecule has 0 amide bonds. The summed E-state index contributed by atoms with van der Waals surface area (Å²) in [5.74, 6) is 0.919. The fourth-order valence-corrected chi connectivity index (χ4v) is 3.41. The second-order valence-electron chi connectivity index (χ2n) is 6.71. The van der Waals surface area contributed by atoms with Crippen LogP contribution in [0.1, 0.15) is 24.5 Å². The van der Waals surface area contributed by atoms with E-state index in [9.17, 15) is 0 Å². The lowest BCUT2D eigenvalue weighted by molar-refractivity contribution is -0.917. The van der Waals surface area contributed by atoms with E-state index in [4.69, 9.17) is 17.3 Å². The van der Waals surface area contributed by atoms with E-state index in [0.717, 1.165) is 42.3 Å². The average Bonchev–Trinajstić information content (AvgIpc) is 2.94. The molecule has 0 aliphatic carbocycles. The fourth-order valence-electron chi connectivity index (χ4n) is 3.13. The summed E-state index contributed by atoms with van der Waals surface area (Å²) in [6.07, 6.45) is 4.61. The molecule has 1 unspecified atom stereocenters. The Balaban J connectivity index is 1.86. The average molecular weight is 369 g/mol. The first-order valence-electron chi connectivity index (χ1n) is 9.04. The third-order valence-electron chi connectivity index (χ3n) is 4.48. The number of aryl methyl sites for hydroxylation is 1. The van der Waals surface area contributed by atoms with Gasteiger partial charge in [-0.15, -0.1) is 5.10 Å². The number of hydrogen-bond donors (Lipinski definition) is 1. The van der Waals surface area contributed by atoms with Gasteiger partial charge < -0.3 is 4.90 Å². The maximum absolute atomic E-state index is 5.72. The highest BCUT2D eigenvalue weighted by molar-refractivity contribution is 7.71. The van der Waals surface area contributed by atoms with Crippen LogP contribution in [0.15, 0.2) is 48.8 Å². The van der Waals surface area contributed by atoms with Crippen LogP contribution in [0.5, 0.6) is 0 Å². The molecule has 1 aromatic carbocycles. The van der Waals surface area contributed by atoms with Gasteiger partial charge in [-0.1, -0.05) is 31.2 Å². The minimum atomic E-state index is 0.738. The van der Waals surface area contributed by atoms with E-state index in [1.165, 1.54) is 16.0 Å². The summed E-state index contributed by atoms with van der Waals surface area (Å²) in [6, 6.07) is 12.5. The smallest absolute Gasteiger partial charge is 0.203 e. The minimum absolute atomic E-state index is 0.738. The number of pyridine rings is 1. The first-order valence-corrected chi connectivity index (χ1v) is 9.44. The molecule has 1 N–H and O–H groups in total. The fraction of sp³-hybridized carbons (Fsp3) is 0.350. The maximum Gasteiger partial charge on any atom is 0.203 e. The van der Waals surface area contributed by atoms with Gasteiger partial charge in [0.25, 0.3) is 0 Å². The maximum atomic E-state index is 5.72. The van der Waals surface area contributed by atoms with Gasteiger partial charge in [0, 0.05) is 30.1 Å². The van der Waals surface area contributed by atoms with Gasteiger partial charge in [-0.25, -0.2) is 0 Å². The molecule has 0 bridgehead atoms. The zero-order chi connectivity index (χ0) is 18.5. The van der Waals surface area contributed by atoms with Crippen LogP contribution in [0.25, 0.3) is 11.4 Å². The third-order valence-corrected chi connectivity index (χ3v) is 4.91. The van der Waals surface area contributed by atoms with Crippen molar-refractivity contribution in [3.8, 4) is 11.4 Å². The molecule has 0 saturated heterocycles. The highest BCUT2D eigenvalue weighted by Gasteiger charge is 2.15. The molecular formula is C20H26N5S+. The Bertz CT molecular complexity index is 913. The number of quaternary nitrogens is 1. The molecule has 3 rings (SSSR count). The molecule has 5 nitrogen and oxygen atoms in total. The normalized spacial score (nSPS) is 12.3. The SMILES string of the molecule is CCCn1c(-c2ccncc2)nn(C[NH+](C)Cc2ccccc2C)c1=S. The van der Waals surface area contributed by atoms with Crippen LogP contribution in [-0.2, 0) is 19.8 Å². The van der Waals surface area contributed by atoms with Crippen molar-refractivity contribution in [2.75, 3.05) is 7.05 Å². The molecule has 0 radical (unpaired) electrons. The lowest BCUT2D eigenvalue weighted by Gasteiger charge is -2.15. The number of hydrogen-bond acceptors (Lipinski definition) is 3. The Kier molecular flexibility index (Phi) is 5.96. The van der Waals surface area contributed by atoms with Crippen molar-refractivity contribution in [3.05, 3.63) is 64.7 Å². The molecule has 0 aliphatic rings. The molecule has 0 saturated carbocycles. The standard InChI is InChI=1S/C20H25N5S/c1-4-13-24-19(17-9-11-21-12-10-17)22-25(20(24)26)15-23(3)14-18-8-6-5-7-16(18)2/h5-12H,4,13-15H2,1-3H3/p+1. The summed E-state index contributed by atoms with van der Waals surface area (Å²) < 4.78 is 4.86. The monoisotopic (exact) mass is 368 g/mol. The van der Waals surface area contributed by atoms with Crippen LogP contribution in [0.2, 0.25) is 0 Å². The highest BCUT2D eigenvalue weighted by Crippen LogP contribution is 2.17. The second-order valence-corrected chi connectivity index (χ2v) is 7.08. The summed E-state index contributed by atoms with van der Waals surface area (Å²) in [5.41, 5.74) is 3.73. The van der Waals surface area contributed by atoms with Crippen molar-refractivity contribution in [1.82, 2.24) is 19.3 Å². The van der Waals surface area contributed by atoms with Gasteiger partial charge >= 0.3 is 0 Å². The molecule has 6 heteroatoms. The summed E-state index contributed by atoms with van der Waals surface area (Å²) in [7, 11) is 2.18. The van der Waals surface area contributed by atoms with E-state index >= 15 is 0 Å². The van der Waals surface area contributed by atoms with E-state index in [-0.39, 0.29) is 0 Å². The second kappa shape index (κ2) is 8.38. The molecule has 0 spiro atoms. The van der Waals surface area contributed by atoms with Crippen LogP contribution in [0.4, 0.5) is 0 Å². The van der Waals surface area contributed by atoms with Gasteiger partial charge in [-0.3, -0.25) is 9.55 Å². The number of nitrogens with one attached hydrogen (secondary N) is 1. The van der Waals surface area contributed by atoms with Crippen LogP contribution in [0.3, 0.4) is 0 Å². The molecule has 2 aromatic heterocycles. The lowest BCUT2D eigenvalue weighted by Crippen LogP contribution is -3.07. The third kappa shape index (κ3) is 4.08.